The molecule has 0 aromatic carbocycles. The van der Waals surface area contributed by atoms with Gasteiger partial charge in [0.25, 0.3) is 5.91 Å². The molecule has 1 aromatic heterocycles. The largest absolute Gasteiger partial charge is 0.433 e. The van der Waals surface area contributed by atoms with Gasteiger partial charge in [-0.15, -0.1) is 0 Å². The second-order valence-corrected chi connectivity index (χ2v) is 5.86. The third kappa shape index (κ3) is 2.69. The van der Waals surface area contributed by atoms with Crippen molar-refractivity contribution in [1.82, 2.24) is 9.88 Å². The van der Waals surface area contributed by atoms with Crippen LogP contribution in [0, 0.1) is 0 Å². The lowest BCUT2D eigenvalue weighted by Gasteiger charge is -2.38. The fourth-order valence-corrected chi connectivity index (χ4v) is 3.49. The molecule has 1 aromatic rings. The molecule has 7 heteroatoms. The standard InChI is InChI=1S/C15H17F3N2O2/c1-22-12-6-10-3-4-11(7-12)20(10)14(21)9-2-5-13(19-8-9)15(16,17)18/h2,5,8,10-12H,3-4,6-7H2,1H3. The van der Waals surface area contributed by atoms with Gasteiger partial charge in [0.1, 0.15) is 5.69 Å². The van der Waals surface area contributed by atoms with Crippen molar-refractivity contribution in [2.24, 2.45) is 0 Å². The van der Waals surface area contributed by atoms with E-state index in [1.807, 2.05) is 0 Å². The number of carbonyl (C=O) groups is 1. The van der Waals surface area contributed by atoms with E-state index in [9.17, 15) is 18.0 Å². The van der Waals surface area contributed by atoms with E-state index in [2.05, 4.69) is 4.98 Å². The zero-order valence-electron chi connectivity index (χ0n) is 12.1. The van der Waals surface area contributed by atoms with Crippen LogP contribution >= 0.6 is 0 Å². The van der Waals surface area contributed by atoms with Gasteiger partial charge < -0.3 is 9.64 Å². The highest BCUT2D eigenvalue weighted by atomic mass is 19.4. The minimum Gasteiger partial charge on any atom is -0.381 e. The Morgan fingerprint density at radius 2 is 1.91 bits per heavy atom. The van der Waals surface area contributed by atoms with Crippen molar-refractivity contribution in [2.45, 2.75) is 50.0 Å². The summed E-state index contributed by atoms with van der Waals surface area (Å²) in [6.07, 6.45) is 0.103. The first kappa shape index (κ1) is 15.3. The Bertz CT molecular complexity index is 545. The predicted molar refractivity (Wildman–Crippen MR) is 72.2 cm³/mol. The van der Waals surface area contributed by atoms with Crippen molar-refractivity contribution in [3.63, 3.8) is 0 Å². The van der Waals surface area contributed by atoms with Gasteiger partial charge in [-0.3, -0.25) is 9.78 Å². The highest BCUT2D eigenvalue weighted by molar-refractivity contribution is 5.94. The maximum Gasteiger partial charge on any atom is 0.433 e. The van der Waals surface area contributed by atoms with E-state index < -0.39 is 11.9 Å². The number of amides is 1. The Morgan fingerprint density at radius 3 is 2.36 bits per heavy atom. The quantitative estimate of drug-likeness (QED) is 0.843. The summed E-state index contributed by atoms with van der Waals surface area (Å²) in [5.74, 6) is -0.233. The van der Waals surface area contributed by atoms with Crippen LogP contribution in [0.1, 0.15) is 41.7 Å². The molecule has 2 aliphatic rings. The highest BCUT2D eigenvalue weighted by Crippen LogP contribution is 2.37. The number of carbonyl (C=O) groups excluding carboxylic acids is 1. The van der Waals surface area contributed by atoms with Crippen molar-refractivity contribution in [3.05, 3.63) is 29.6 Å². The van der Waals surface area contributed by atoms with Crippen LogP contribution < -0.4 is 0 Å². The molecule has 3 rings (SSSR count). The van der Waals surface area contributed by atoms with Crippen LogP contribution in [0.4, 0.5) is 13.2 Å². The van der Waals surface area contributed by atoms with Crippen LogP contribution in [-0.2, 0) is 10.9 Å². The number of alkyl halides is 3. The third-order valence-corrected chi connectivity index (χ3v) is 4.56. The Balaban J connectivity index is 1.77. The molecule has 3 heterocycles. The molecule has 1 amide bonds. The number of pyridine rings is 1. The average molecular weight is 314 g/mol. The molecule has 0 N–H and O–H groups in total. The summed E-state index contributed by atoms with van der Waals surface area (Å²) in [5.41, 5.74) is -0.772. The number of nitrogens with zero attached hydrogens (tertiary/aromatic N) is 2. The maximum atomic E-state index is 12.6. The number of halogens is 3. The molecular weight excluding hydrogens is 297 g/mol. The molecule has 2 unspecified atom stereocenters. The Morgan fingerprint density at radius 1 is 1.27 bits per heavy atom. The van der Waals surface area contributed by atoms with Crippen molar-refractivity contribution < 1.29 is 22.7 Å². The monoisotopic (exact) mass is 314 g/mol. The van der Waals surface area contributed by atoms with Crippen LogP contribution in [0.2, 0.25) is 0 Å². The molecule has 2 saturated heterocycles. The number of aromatic nitrogens is 1. The van der Waals surface area contributed by atoms with E-state index >= 15 is 0 Å². The lowest BCUT2D eigenvalue weighted by Crippen LogP contribution is -2.48. The molecule has 0 radical (unpaired) electrons. The van der Waals surface area contributed by atoms with E-state index in [1.165, 1.54) is 6.07 Å². The second kappa shape index (κ2) is 5.53. The number of methoxy groups -OCH3 is 1. The smallest absolute Gasteiger partial charge is 0.381 e. The van der Waals surface area contributed by atoms with E-state index in [1.54, 1.807) is 12.0 Å². The van der Waals surface area contributed by atoms with Crippen molar-refractivity contribution in [1.29, 1.82) is 0 Å². The van der Waals surface area contributed by atoms with Gasteiger partial charge in [-0.25, -0.2) is 0 Å². The predicted octanol–water partition coefficient (Wildman–Crippen LogP) is 2.88. The summed E-state index contributed by atoms with van der Waals surface area (Å²) in [7, 11) is 1.67. The molecule has 2 aliphatic heterocycles. The van der Waals surface area contributed by atoms with Crippen molar-refractivity contribution in [3.8, 4) is 0 Å². The van der Waals surface area contributed by atoms with Gasteiger partial charge in [0.15, 0.2) is 0 Å². The fraction of sp³-hybridized carbons (Fsp3) is 0.600. The molecule has 4 nitrogen and oxygen atoms in total. The summed E-state index contributed by atoms with van der Waals surface area (Å²) >= 11 is 0. The number of hydrogen-bond donors (Lipinski definition) is 0. The molecule has 0 saturated carbocycles. The highest BCUT2D eigenvalue weighted by Gasteiger charge is 2.43. The SMILES string of the molecule is COC1CC2CCC(C1)N2C(=O)c1ccc(C(F)(F)F)nc1. The third-order valence-electron chi connectivity index (χ3n) is 4.56. The van der Waals surface area contributed by atoms with Crippen LogP contribution in [0.15, 0.2) is 18.3 Å². The molecule has 2 fully saturated rings. The maximum absolute atomic E-state index is 12.6. The van der Waals surface area contributed by atoms with Crippen LogP contribution in [0.5, 0.6) is 0 Å². The first-order chi connectivity index (χ1) is 10.4. The number of rotatable bonds is 2. The van der Waals surface area contributed by atoms with Crippen LogP contribution in [0.3, 0.4) is 0 Å². The lowest BCUT2D eigenvalue weighted by molar-refractivity contribution is -0.141. The van der Waals surface area contributed by atoms with Gasteiger partial charge in [0, 0.05) is 25.4 Å². The van der Waals surface area contributed by atoms with Crippen molar-refractivity contribution in [2.75, 3.05) is 7.11 Å². The minimum atomic E-state index is -4.49. The van der Waals surface area contributed by atoms with Gasteiger partial charge in [-0.1, -0.05) is 0 Å². The summed E-state index contributed by atoms with van der Waals surface area (Å²) in [5, 5.41) is 0. The summed E-state index contributed by atoms with van der Waals surface area (Å²) in [4.78, 5) is 17.8. The zero-order chi connectivity index (χ0) is 15.9. The summed E-state index contributed by atoms with van der Waals surface area (Å²) in [6.45, 7) is 0. The number of fused-ring (bicyclic) bond motifs is 2. The first-order valence-corrected chi connectivity index (χ1v) is 7.29. The van der Waals surface area contributed by atoms with Gasteiger partial charge in [0.05, 0.1) is 11.7 Å². The molecular formula is C15H17F3N2O2. The lowest BCUT2D eigenvalue weighted by atomic mass is 9.98. The normalized spacial score (nSPS) is 28.0. The van der Waals surface area contributed by atoms with Gasteiger partial charge in [-0.05, 0) is 37.8 Å². The zero-order valence-corrected chi connectivity index (χ0v) is 12.1. The molecule has 0 aliphatic carbocycles. The molecule has 120 valence electrons. The summed E-state index contributed by atoms with van der Waals surface area (Å²) in [6, 6.07) is 2.29. The Kier molecular flexibility index (Phi) is 3.84. The van der Waals surface area contributed by atoms with E-state index in [0.717, 1.165) is 37.9 Å². The second-order valence-electron chi connectivity index (χ2n) is 5.86. The molecule has 2 bridgehead atoms. The van der Waals surface area contributed by atoms with Crippen molar-refractivity contribution >= 4 is 5.91 Å². The number of hydrogen-bond acceptors (Lipinski definition) is 3. The summed E-state index contributed by atoms with van der Waals surface area (Å²) < 4.78 is 42.9. The van der Waals surface area contributed by atoms with Crippen LogP contribution in [-0.4, -0.2) is 41.1 Å². The molecule has 2 atom stereocenters. The van der Waals surface area contributed by atoms with Gasteiger partial charge in [0.2, 0.25) is 0 Å². The van der Waals surface area contributed by atoms with Crippen LogP contribution in [0.25, 0.3) is 0 Å². The number of piperidine rings is 1. The fourth-order valence-electron chi connectivity index (χ4n) is 3.49. The first-order valence-electron chi connectivity index (χ1n) is 7.29. The topological polar surface area (TPSA) is 42.4 Å². The minimum absolute atomic E-state index is 0.110. The Hall–Kier alpha value is -1.63. The van der Waals surface area contributed by atoms with Gasteiger partial charge >= 0.3 is 6.18 Å². The molecule has 0 spiro atoms. The average Bonchev–Trinajstić information content (AvgIpc) is 2.75. The van der Waals surface area contributed by atoms with Gasteiger partial charge in [-0.2, -0.15) is 13.2 Å². The number of ether oxygens (including phenoxy) is 1. The van der Waals surface area contributed by atoms with E-state index in [0.29, 0.717) is 0 Å². The van der Waals surface area contributed by atoms with E-state index in [-0.39, 0.29) is 29.7 Å². The van der Waals surface area contributed by atoms with E-state index in [4.69, 9.17) is 4.74 Å². The Labute approximate surface area is 126 Å². The molecule has 22 heavy (non-hydrogen) atoms.